The van der Waals surface area contributed by atoms with Gasteiger partial charge in [-0.3, -0.25) is 13.7 Å². The first-order valence-electron chi connectivity index (χ1n) is 14.3. The second-order valence-corrected chi connectivity index (χ2v) is 15.1. The van der Waals surface area contributed by atoms with Crippen LogP contribution in [0.5, 0.6) is 5.75 Å². The van der Waals surface area contributed by atoms with Crippen LogP contribution >= 0.6 is 0 Å². The molecule has 0 fully saturated rings. The fourth-order valence-corrected chi connectivity index (χ4v) is 6.20. The highest BCUT2D eigenvalue weighted by molar-refractivity contribution is 7.86. The van der Waals surface area contributed by atoms with Crippen LogP contribution in [0.1, 0.15) is 5.56 Å². The molecule has 0 spiro atoms. The Balaban J connectivity index is 1.75. The largest absolute Gasteiger partial charge is 0.507 e. The third-order valence-corrected chi connectivity index (χ3v) is 9.39. The Morgan fingerprint density at radius 3 is 2.12 bits per heavy atom. The van der Waals surface area contributed by atoms with Gasteiger partial charge >= 0.3 is 0 Å². The number of hydrogen-bond acceptors (Lipinski definition) is 17. The lowest BCUT2D eigenvalue weighted by Crippen LogP contribution is -2.29. The Hall–Kier alpha value is -4.78. The van der Waals surface area contributed by atoms with Crippen LogP contribution in [0.3, 0.4) is 0 Å². The summed E-state index contributed by atoms with van der Waals surface area (Å²) in [5.41, 5.74) is 0.399. The van der Waals surface area contributed by atoms with E-state index >= 15 is 0 Å². The first-order valence-corrected chi connectivity index (χ1v) is 18.7. The van der Waals surface area contributed by atoms with E-state index in [0.717, 1.165) is 18.2 Å². The fourth-order valence-electron chi connectivity index (χ4n) is 4.55. The molecule has 0 unspecified atom stereocenters. The SMILES string of the molecule is CNc1ccc2cc(S(=O)(=O)O)cc(O)c2c1N=Nc1cc(CN(C)c2nc(NCCO)nc(N(C)CCS(=O)(=O)O)n2)ccc1S(=O)(=O)O. The van der Waals surface area contributed by atoms with Crippen LogP contribution in [-0.4, -0.2) is 111 Å². The molecule has 4 rings (SSSR count). The zero-order valence-corrected chi connectivity index (χ0v) is 29.1. The molecule has 20 nitrogen and oxygen atoms in total. The molecule has 0 aliphatic heterocycles. The number of aromatic hydroxyl groups is 1. The quantitative estimate of drug-likeness (QED) is 0.0674. The summed E-state index contributed by atoms with van der Waals surface area (Å²) in [5, 5.41) is 34.0. The molecule has 0 amide bonds. The van der Waals surface area contributed by atoms with Crippen molar-refractivity contribution in [2.75, 3.05) is 67.0 Å². The van der Waals surface area contributed by atoms with Crippen molar-refractivity contribution in [3.63, 3.8) is 0 Å². The van der Waals surface area contributed by atoms with Crippen molar-refractivity contribution in [1.29, 1.82) is 0 Å². The highest BCUT2D eigenvalue weighted by atomic mass is 32.2. The minimum absolute atomic E-state index is 0.0150. The van der Waals surface area contributed by atoms with Crippen LogP contribution in [0.15, 0.2) is 62.5 Å². The smallest absolute Gasteiger partial charge is 0.296 e. The van der Waals surface area contributed by atoms with Crippen molar-refractivity contribution in [1.82, 2.24) is 15.0 Å². The average molecular weight is 756 g/mol. The summed E-state index contributed by atoms with van der Waals surface area (Å²) >= 11 is 0. The highest BCUT2D eigenvalue weighted by Gasteiger charge is 2.21. The van der Waals surface area contributed by atoms with Gasteiger partial charge in [-0.2, -0.15) is 40.2 Å². The number of anilines is 4. The monoisotopic (exact) mass is 755 g/mol. The summed E-state index contributed by atoms with van der Waals surface area (Å²) < 4.78 is 99.0. The van der Waals surface area contributed by atoms with E-state index in [2.05, 4.69) is 35.8 Å². The predicted molar refractivity (Wildman–Crippen MR) is 183 cm³/mol. The molecule has 1 aromatic heterocycles. The van der Waals surface area contributed by atoms with E-state index < -0.39 is 51.6 Å². The number of hydrogen-bond donors (Lipinski definition) is 7. The summed E-state index contributed by atoms with van der Waals surface area (Å²) in [4.78, 5) is 14.6. The van der Waals surface area contributed by atoms with Gasteiger partial charge in [0.1, 0.15) is 22.0 Å². The molecule has 50 heavy (non-hydrogen) atoms. The maximum absolute atomic E-state index is 12.3. The highest BCUT2D eigenvalue weighted by Crippen LogP contribution is 2.42. The van der Waals surface area contributed by atoms with Crippen LogP contribution in [0.25, 0.3) is 10.8 Å². The number of phenolic OH excluding ortho intramolecular Hbond substituents is 1. The molecule has 0 atom stereocenters. The standard InChI is InChI=1S/C27H33N9O11S3/c1-28-19-6-5-17-13-18(49(42,43)44)14-21(38)23(17)24(19)34-33-20-12-16(4-7-22(20)50(45,46)47)15-36(3)27-31-25(29-8-10-37)30-26(32-27)35(2)9-11-48(39,40)41/h4-7,12-14,28,37-38H,8-11,15H2,1-3H3,(H,39,40,41)(H,42,43,44)(H,45,46,47)(H,29,30,31,32). The number of rotatable bonds is 15. The van der Waals surface area contributed by atoms with Crippen molar-refractivity contribution in [2.24, 2.45) is 10.2 Å². The zero-order chi connectivity index (χ0) is 37.0. The van der Waals surface area contributed by atoms with Gasteiger partial charge in [0.25, 0.3) is 30.4 Å². The topological polar surface area (TPSA) is 298 Å². The second kappa shape index (κ2) is 15.0. The normalized spacial score (nSPS) is 12.4. The van der Waals surface area contributed by atoms with Gasteiger partial charge in [-0.1, -0.05) is 12.1 Å². The van der Waals surface area contributed by atoms with Crippen molar-refractivity contribution in [2.45, 2.75) is 16.3 Å². The molecule has 1 heterocycles. The Labute approximate surface area is 286 Å². The van der Waals surface area contributed by atoms with Gasteiger partial charge in [-0.25, -0.2) is 0 Å². The molecule has 0 saturated heterocycles. The number of phenols is 1. The minimum Gasteiger partial charge on any atom is -0.507 e. The maximum atomic E-state index is 12.3. The first kappa shape index (κ1) is 38.0. The van der Waals surface area contributed by atoms with Crippen LogP contribution in [0, 0.1) is 0 Å². The van der Waals surface area contributed by atoms with E-state index in [1.807, 2.05) is 0 Å². The fraction of sp³-hybridized carbons (Fsp3) is 0.296. The molecule has 0 aliphatic carbocycles. The number of fused-ring (bicyclic) bond motifs is 1. The molecular formula is C27H33N9O11S3. The number of benzene rings is 3. The number of nitrogens with zero attached hydrogens (tertiary/aromatic N) is 7. The maximum Gasteiger partial charge on any atom is 0.296 e. The lowest BCUT2D eigenvalue weighted by molar-refractivity contribution is 0.310. The van der Waals surface area contributed by atoms with Crippen molar-refractivity contribution in [3.8, 4) is 5.75 Å². The molecule has 23 heteroatoms. The van der Waals surface area contributed by atoms with Crippen LogP contribution in [0.2, 0.25) is 0 Å². The summed E-state index contributed by atoms with van der Waals surface area (Å²) in [5.74, 6) is -1.02. The van der Waals surface area contributed by atoms with E-state index in [0.29, 0.717) is 11.3 Å². The first-order chi connectivity index (χ1) is 23.3. The lowest BCUT2D eigenvalue weighted by atomic mass is 10.1. The molecule has 0 aliphatic rings. The van der Waals surface area contributed by atoms with Gasteiger partial charge in [-0.05, 0) is 35.2 Å². The number of nitrogens with one attached hydrogen (secondary N) is 2. The lowest BCUT2D eigenvalue weighted by Gasteiger charge is -2.22. The van der Waals surface area contributed by atoms with Gasteiger partial charge in [0, 0.05) is 46.8 Å². The summed E-state index contributed by atoms with van der Waals surface area (Å²) in [6, 6.07) is 8.68. The van der Waals surface area contributed by atoms with Crippen LogP contribution in [-0.2, 0) is 36.9 Å². The van der Waals surface area contributed by atoms with Gasteiger partial charge in [0.2, 0.25) is 17.8 Å². The third-order valence-electron chi connectivity index (χ3n) is 6.96. The van der Waals surface area contributed by atoms with Crippen LogP contribution < -0.4 is 20.4 Å². The molecule has 3 aromatic carbocycles. The van der Waals surface area contributed by atoms with E-state index in [9.17, 15) is 44.6 Å². The van der Waals surface area contributed by atoms with Gasteiger partial charge in [0.05, 0.1) is 28.3 Å². The Morgan fingerprint density at radius 2 is 1.52 bits per heavy atom. The Kier molecular flexibility index (Phi) is 11.4. The van der Waals surface area contributed by atoms with Gasteiger partial charge in [-0.15, -0.1) is 10.2 Å². The Bertz CT molecular complexity index is 2270. The van der Waals surface area contributed by atoms with E-state index in [1.54, 1.807) is 7.05 Å². The number of aromatic nitrogens is 3. The summed E-state index contributed by atoms with van der Waals surface area (Å²) in [7, 11) is -9.15. The molecule has 270 valence electrons. The molecule has 0 bridgehead atoms. The molecule has 0 radical (unpaired) electrons. The van der Waals surface area contributed by atoms with Crippen molar-refractivity contribution in [3.05, 3.63) is 48.0 Å². The molecule has 4 aromatic rings. The van der Waals surface area contributed by atoms with Crippen molar-refractivity contribution >= 4 is 76.0 Å². The van der Waals surface area contributed by atoms with E-state index in [-0.39, 0.29) is 66.2 Å². The molecule has 7 N–H and O–H groups in total. The summed E-state index contributed by atoms with van der Waals surface area (Å²) in [6.07, 6.45) is 0. The minimum atomic E-state index is -4.82. The molecular weight excluding hydrogens is 723 g/mol. The van der Waals surface area contributed by atoms with Gasteiger partial charge < -0.3 is 30.6 Å². The van der Waals surface area contributed by atoms with E-state index in [1.165, 1.54) is 48.2 Å². The van der Waals surface area contributed by atoms with E-state index in [4.69, 9.17) is 4.55 Å². The molecule has 0 saturated carbocycles. The predicted octanol–water partition coefficient (Wildman–Crippen LogP) is 2.05. The average Bonchev–Trinajstić information content (AvgIpc) is 3.03. The van der Waals surface area contributed by atoms with Crippen molar-refractivity contribution < 1.29 is 49.1 Å². The number of aliphatic hydroxyl groups is 1. The number of aliphatic hydroxyl groups excluding tert-OH is 1. The second-order valence-electron chi connectivity index (χ2n) is 10.7. The third kappa shape index (κ3) is 9.46. The zero-order valence-electron chi connectivity index (χ0n) is 26.6. The Morgan fingerprint density at radius 1 is 0.840 bits per heavy atom. The van der Waals surface area contributed by atoms with Crippen LogP contribution in [0.4, 0.5) is 34.9 Å². The number of azo groups is 1. The summed E-state index contributed by atoms with van der Waals surface area (Å²) in [6.45, 7) is -0.316. The van der Waals surface area contributed by atoms with Gasteiger partial charge in [0.15, 0.2) is 0 Å².